The number of hydrogen-bond acceptors (Lipinski definition) is 3. The Hall–Kier alpha value is -1.84. The molecule has 122 valence electrons. The van der Waals surface area contributed by atoms with Crippen molar-refractivity contribution >= 4 is 11.7 Å². The highest BCUT2D eigenvalue weighted by molar-refractivity contribution is 6.00. The second-order valence-corrected chi connectivity index (χ2v) is 7.19. The lowest BCUT2D eigenvalue weighted by Crippen LogP contribution is -2.53. The number of hydrogen-bond donors (Lipinski definition) is 0. The quantitative estimate of drug-likeness (QED) is 0.800. The molecule has 1 aromatic carbocycles. The molecule has 1 aromatic rings. The van der Waals surface area contributed by atoms with E-state index in [0.717, 1.165) is 25.7 Å². The Morgan fingerprint density at radius 1 is 1.13 bits per heavy atom. The third-order valence-electron chi connectivity index (χ3n) is 5.69. The second kappa shape index (κ2) is 5.66. The fourth-order valence-corrected chi connectivity index (χ4v) is 4.29. The maximum absolute atomic E-state index is 12.6. The van der Waals surface area contributed by atoms with Crippen molar-refractivity contribution in [3.05, 3.63) is 29.8 Å². The van der Waals surface area contributed by atoms with Gasteiger partial charge in [0.15, 0.2) is 5.78 Å². The number of rotatable bonds is 1. The van der Waals surface area contributed by atoms with Gasteiger partial charge in [0.2, 0.25) is 5.91 Å². The van der Waals surface area contributed by atoms with Crippen LogP contribution < -0.4 is 4.74 Å². The van der Waals surface area contributed by atoms with E-state index in [4.69, 9.17) is 4.74 Å². The summed E-state index contributed by atoms with van der Waals surface area (Å²) in [5, 5.41) is 0. The minimum absolute atomic E-state index is 0.169. The van der Waals surface area contributed by atoms with Gasteiger partial charge in [-0.2, -0.15) is 0 Å². The number of carbonyl (C=O) groups excluding carboxylic acids is 2. The van der Waals surface area contributed by atoms with Gasteiger partial charge in [0.05, 0.1) is 12.0 Å². The van der Waals surface area contributed by atoms with Gasteiger partial charge in [-0.05, 0) is 25.0 Å². The van der Waals surface area contributed by atoms with Crippen LogP contribution in [0.25, 0.3) is 0 Å². The number of benzene rings is 1. The summed E-state index contributed by atoms with van der Waals surface area (Å²) in [7, 11) is 0. The summed E-state index contributed by atoms with van der Waals surface area (Å²) in [6.07, 6.45) is 6.41. The number of ether oxygens (including phenoxy) is 1. The van der Waals surface area contributed by atoms with Crippen LogP contribution in [0.5, 0.6) is 5.75 Å². The number of nitrogens with zero attached hydrogens (tertiary/aromatic N) is 1. The van der Waals surface area contributed by atoms with E-state index in [-0.39, 0.29) is 11.7 Å². The van der Waals surface area contributed by atoms with Crippen molar-refractivity contribution < 1.29 is 14.3 Å². The number of Topliss-reactive ketones (excluding diaryl/α,β-unsaturated/α-hetero) is 1. The predicted molar refractivity (Wildman–Crippen MR) is 86.5 cm³/mol. The van der Waals surface area contributed by atoms with Crippen molar-refractivity contribution in [3.63, 3.8) is 0 Å². The van der Waals surface area contributed by atoms with Crippen molar-refractivity contribution in [1.82, 2.24) is 4.90 Å². The number of amides is 1. The summed E-state index contributed by atoms with van der Waals surface area (Å²) >= 11 is 0. The first-order valence-corrected chi connectivity index (χ1v) is 8.77. The number of ketones is 1. The molecular formula is C19H23NO3. The molecule has 2 heterocycles. The standard InChI is InChI=1S/C19H23NO3/c21-16-13-19(23-17-8-4-3-7-15(16)17)9-11-20(12-10-19)18(22)14-5-1-2-6-14/h3-4,7-8,14H,1-2,5-6,9-13H2. The van der Waals surface area contributed by atoms with Gasteiger partial charge in [0, 0.05) is 31.8 Å². The average molecular weight is 313 g/mol. The highest BCUT2D eigenvalue weighted by Crippen LogP contribution is 2.39. The van der Waals surface area contributed by atoms with Gasteiger partial charge < -0.3 is 9.64 Å². The smallest absolute Gasteiger partial charge is 0.225 e. The molecule has 1 aliphatic carbocycles. The highest BCUT2D eigenvalue weighted by atomic mass is 16.5. The molecule has 1 saturated heterocycles. The first kappa shape index (κ1) is 14.7. The van der Waals surface area contributed by atoms with E-state index in [9.17, 15) is 9.59 Å². The molecule has 0 atom stereocenters. The van der Waals surface area contributed by atoms with Crippen molar-refractivity contribution in [2.24, 2.45) is 5.92 Å². The van der Waals surface area contributed by atoms with Gasteiger partial charge >= 0.3 is 0 Å². The monoisotopic (exact) mass is 313 g/mol. The minimum atomic E-state index is -0.405. The third kappa shape index (κ3) is 2.64. The SMILES string of the molecule is O=C1CC2(CCN(C(=O)C3CCCC3)CC2)Oc2ccccc21. The van der Waals surface area contributed by atoms with Gasteiger partial charge in [-0.15, -0.1) is 0 Å². The van der Waals surface area contributed by atoms with Crippen LogP contribution in [-0.2, 0) is 4.79 Å². The molecule has 3 aliphatic rings. The Morgan fingerprint density at radius 3 is 2.57 bits per heavy atom. The van der Waals surface area contributed by atoms with Crippen LogP contribution in [0.1, 0.15) is 55.3 Å². The van der Waals surface area contributed by atoms with Crippen LogP contribution in [0.3, 0.4) is 0 Å². The first-order valence-electron chi connectivity index (χ1n) is 8.77. The van der Waals surface area contributed by atoms with Crippen LogP contribution in [0.4, 0.5) is 0 Å². The molecule has 0 unspecified atom stereocenters. The average Bonchev–Trinajstić information content (AvgIpc) is 3.09. The number of fused-ring (bicyclic) bond motifs is 1. The zero-order valence-electron chi connectivity index (χ0n) is 13.4. The molecular weight excluding hydrogens is 290 g/mol. The lowest BCUT2D eigenvalue weighted by Gasteiger charge is -2.44. The summed E-state index contributed by atoms with van der Waals surface area (Å²) < 4.78 is 6.23. The van der Waals surface area contributed by atoms with E-state index >= 15 is 0 Å². The molecule has 4 heteroatoms. The number of para-hydroxylation sites is 1. The normalized spacial score (nSPS) is 23.7. The van der Waals surface area contributed by atoms with E-state index in [2.05, 4.69) is 0 Å². The highest BCUT2D eigenvalue weighted by Gasteiger charge is 2.44. The number of piperidine rings is 1. The fraction of sp³-hybridized carbons (Fsp3) is 0.579. The molecule has 0 bridgehead atoms. The Morgan fingerprint density at radius 2 is 1.83 bits per heavy atom. The van der Waals surface area contributed by atoms with E-state index in [1.807, 2.05) is 29.2 Å². The zero-order valence-corrected chi connectivity index (χ0v) is 13.4. The van der Waals surface area contributed by atoms with Crippen LogP contribution in [0, 0.1) is 5.92 Å². The van der Waals surface area contributed by atoms with Crippen molar-refractivity contribution in [2.45, 2.75) is 50.5 Å². The van der Waals surface area contributed by atoms with Crippen LogP contribution in [-0.4, -0.2) is 35.3 Å². The van der Waals surface area contributed by atoms with Crippen LogP contribution in [0.2, 0.25) is 0 Å². The summed E-state index contributed by atoms with van der Waals surface area (Å²) in [5.74, 6) is 1.43. The topological polar surface area (TPSA) is 46.6 Å². The molecule has 4 nitrogen and oxygen atoms in total. The van der Waals surface area contributed by atoms with Crippen LogP contribution >= 0.6 is 0 Å². The lowest BCUT2D eigenvalue weighted by atomic mass is 9.82. The van der Waals surface area contributed by atoms with E-state index in [1.54, 1.807) is 0 Å². The van der Waals surface area contributed by atoms with E-state index in [1.165, 1.54) is 12.8 Å². The van der Waals surface area contributed by atoms with Gasteiger partial charge in [-0.1, -0.05) is 25.0 Å². The molecule has 0 radical (unpaired) electrons. The van der Waals surface area contributed by atoms with Crippen LogP contribution in [0.15, 0.2) is 24.3 Å². The third-order valence-corrected chi connectivity index (χ3v) is 5.69. The maximum Gasteiger partial charge on any atom is 0.225 e. The molecule has 0 aromatic heterocycles. The minimum Gasteiger partial charge on any atom is -0.486 e. The molecule has 0 N–H and O–H groups in total. The van der Waals surface area contributed by atoms with Gasteiger partial charge in [-0.3, -0.25) is 9.59 Å². The molecule has 23 heavy (non-hydrogen) atoms. The second-order valence-electron chi connectivity index (χ2n) is 7.19. The van der Waals surface area contributed by atoms with Crippen molar-refractivity contribution in [2.75, 3.05) is 13.1 Å². The summed E-state index contributed by atoms with van der Waals surface area (Å²) in [5.41, 5.74) is 0.292. The fourth-order valence-electron chi connectivity index (χ4n) is 4.29. The largest absolute Gasteiger partial charge is 0.486 e. The molecule has 1 saturated carbocycles. The van der Waals surface area contributed by atoms with Crippen molar-refractivity contribution in [1.29, 1.82) is 0 Å². The number of carbonyl (C=O) groups is 2. The van der Waals surface area contributed by atoms with Gasteiger partial charge in [-0.25, -0.2) is 0 Å². The van der Waals surface area contributed by atoms with Crippen molar-refractivity contribution in [3.8, 4) is 5.75 Å². The maximum atomic E-state index is 12.6. The van der Waals surface area contributed by atoms with E-state index < -0.39 is 5.60 Å². The molecule has 1 amide bonds. The molecule has 2 fully saturated rings. The molecule has 1 spiro atoms. The Labute approximate surface area is 136 Å². The number of likely N-dealkylation sites (tertiary alicyclic amines) is 1. The Balaban J connectivity index is 1.45. The Bertz CT molecular complexity index is 625. The van der Waals surface area contributed by atoms with E-state index in [0.29, 0.717) is 36.7 Å². The lowest BCUT2D eigenvalue weighted by molar-refractivity contribution is -0.138. The summed E-state index contributed by atoms with van der Waals surface area (Å²) in [6, 6.07) is 7.50. The Kier molecular flexibility index (Phi) is 3.63. The summed E-state index contributed by atoms with van der Waals surface area (Å²) in [4.78, 5) is 27.0. The molecule has 4 rings (SSSR count). The first-order chi connectivity index (χ1) is 11.2. The van der Waals surface area contributed by atoms with Gasteiger partial charge in [0.1, 0.15) is 11.4 Å². The molecule has 2 aliphatic heterocycles. The predicted octanol–water partition coefficient (Wildman–Crippen LogP) is 3.20. The van der Waals surface area contributed by atoms with Gasteiger partial charge in [0.25, 0.3) is 0 Å². The summed E-state index contributed by atoms with van der Waals surface area (Å²) in [6.45, 7) is 1.43. The zero-order chi connectivity index (χ0) is 15.9.